The van der Waals surface area contributed by atoms with Gasteiger partial charge in [0.25, 0.3) is 11.7 Å². The molecule has 0 aliphatic carbocycles. The van der Waals surface area contributed by atoms with Crippen molar-refractivity contribution in [2.24, 2.45) is 0 Å². The van der Waals surface area contributed by atoms with E-state index in [1.807, 2.05) is 19.1 Å². The zero-order valence-electron chi connectivity index (χ0n) is 16.9. The SMILES string of the molecule is CCc1ccc(N2C(=O)C(=O)/C(=C(\O)c3ccc(Cl)c(Cl)c3)C2c2ccc(C)o2)cc1. The molecule has 1 amide bonds. The van der Waals surface area contributed by atoms with Gasteiger partial charge in [-0.2, -0.15) is 0 Å². The van der Waals surface area contributed by atoms with Gasteiger partial charge >= 0.3 is 0 Å². The van der Waals surface area contributed by atoms with Gasteiger partial charge in [-0.25, -0.2) is 0 Å². The molecule has 0 bridgehead atoms. The lowest BCUT2D eigenvalue weighted by molar-refractivity contribution is -0.132. The summed E-state index contributed by atoms with van der Waals surface area (Å²) in [4.78, 5) is 27.5. The van der Waals surface area contributed by atoms with Gasteiger partial charge < -0.3 is 9.52 Å². The van der Waals surface area contributed by atoms with Crippen molar-refractivity contribution in [2.45, 2.75) is 26.3 Å². The van der Waals surface area contributed by atoms with E-state index in [0.717, 1.165) is 12.0 Å². The number of rotatable bonds is 4. The number of aliphatic hydroxyl groups is 1. The van der Waals surface area contributed by atoms with Crippen LogP contribution in [0.3, 0.4) is 0 Å². The largest absolute Gasteiger partial charge is 0.507 e. The predicted octanol–water partition coefficient (Wildman–Crippen LogP) is 6.08. The van der Waals surface area contributed by atoms with Gasteiger partial charge in [0.05, 0.1) is 15.6 Å². The van der Waals surface area contributed by atoms with Crippen molar-refractivity contribution in [2.75, 3.05) is 4.90 Å². The van der Waals surface area contributed by atoms with E-state index in [9.17, 15) is 14.7 Å². The van der Waals surface area contributed by atoms with E-state index in [1.54, 1.807) is 31.2 Å². The molecule has 2 heterocycles. The van der Waals surface area contributed by atoms with Crippen LogP contribution in [0.5, 0.6) is 0 Å². The Morgan fingerprint density at radius 1 is 1.03 bits per heavy atom. The van der Waals surface area contributed by atoms with E-state index in [4.69, 9.17) is 27.6 Å². The minimum absolute atomic E-state index is 0.0719. The number of aliphatic hydroxyl groups excluding tert-OH is 1. The summed E-state index contributed by atoms with van der Waals surface area (Å²) in [5.41, 5.74) is 1.84. The van der Waals surface area contributed by atoms with Crippen LogP contribution in [0.1, 0.15) is 35.6 Å². The fraction of sp³-hybridized carbons (Fsp3) is 0.167. The molecule has 3 aromatic rings. The van der Waals surface area contributed by atoms with Crippen molar-refractivity contribution in [1.29, 1.82) is 0 Å². The van der Waals surface area contributed by atoms with Crippen LogP contribution < -0.4 is 4.90 Å². The Hall–Kier alpha value is -3.02. The molecule has 1 unspecified atom stereocenters. The number of nitrogens with zero attached hydrogens (tertiary/aromatic N) is 1. The second kappa shape index (κ2) is 8.25. The average Bonchev–Trinajstić information content (AvgIpc) is 3.30. The summed E-state index contributed by atoms with van der Waals surface area (Å²) in [6.07, 6.45) is 0.844. The minimum Gasteiger partial charge on any atom is -0.507 e. The summed E-state index contributed by atoms with van der Waals surface area (Å²) >= 11 is 12.1. The van der Waals surface area contributed by atoms with Gasteiger partial charge in [-0.3, -0.25) is 14.5 Å². The number of ketones is 1. The first-order valence-electron chi connectivity index (χ1n) is 9.73. The van der Waals surface area contributed by atoms with Crippen LogP contribution in [0.15, 0.2) is 64.6 Å². The van der Waals surface area contributed by atoms with Crippen molar-refractivity contribution >= 4 is 46.3 Å². The number of amides is 1. The number of carbonyl (C=O) groups excluding carboxylic acids is 2. The number of aryl methyl sites for hydroxylation is 2. The highest BCUT2D eigenvalue weighted by Gasteiger charge is 2.48. The number of Topliss-reactive ketones (excluding diaryl/α,β-unsaturated/α-hetero) is 1. The van der Waals surface area contributed by atoms with E-state index in [-0.39, 0.29) is 21.9 Å². The van der Waals surface area contributed by atoms with Crippen LogP contribution in [-0.2, 0) is 16.0 Å². The van der Waals surface area contributed by atoms with Crippen LogP contribution in [0.25, 0.3) is 5.76 Å². The van der Waals surface area contributed by atoms with Crippen molar-refractivity contribution in [3.63, 3.8) is 0 Å². The maximum Gasteiger partial charge on any atom is 0.300 e. The van der Waals surface area contributed by atoms with Crippen molar-refractivity contribution in [1.82, 2.24) is 0 Å². The normalized spacial score (nSPS) is 18.1. The second-order valence-corrected chi connectivity index (χ2v) is 8.08. The molecule has 31 heavy (non-hydrogen) atoms. The number of halogens is 2. The first-order valence-corrected chi connectivity index (χ1v) is 10.5. The van der Waals surface area contributed by atoms with Crippen molar-refractivity contribution < 1.29 is 19.1 Å². The third-order valence-corrected chi connectivity index (χ3v) is 6.03. The topological polar surface area (TPSA) is 70.8 Å². The molecule has 0 saturated carbocycles. The van der Waals surface area contributed by atoms with Gasteiger partial charge in [0, 0.05) is 11.3 Å². The van der Waals surface area contributed by atoms with Gasteiger partial charge in [0.2, 0.25) is 0 Å². The summed E-state index contributed by atoms with van der Waals surface area (Å²) < 4.78 is 5.78. The number of furan rings is 1. The highest BCUT2D eigenvalue weighted by molar-refractivity contribution is 6.51. The summed E-state index contributed by atoms with van der Waals surface area (Å²) in [5, 5.41) is 11.6. The lowest BCUT2D eigenvalue weighted by Crippen LogP contribution is -2.29. The molecule has 7 heteroatoms. The fourth-order valence-corrected chi connectivity index (χ4v) is 3.96. The Morgan fingerprint density at radius 3 is 2.32 bits per heavy atom. The standard InChI is InChI=1S/C24H19Cl2NO4/c1-3-14-5-8-16(9-6-14)27-21(19-11-4-13(2)31-19)20(23(29)24(27)30)22(28)15-7-10-17(25)18(26)12-15/h4-12,21,28H,3H2,1-2H3/b22-20-. The Bertz CT molecular complexity index is 1210. The average molecular weight is 456 g/mol. The smallest absolute Gasteiger partial charge is 0.300 e. The second-order valence-electron chi connectivity index (χ2n) is 7.27. The molecule has 1 saturated heterocycles. The predicted molar refractivity (Wildman–Crippen MR) is 121 cm³/mol. The van der Waals surface area contributed by atoms with E-state index < -0.39 is 17.7 Å². The summed E-state index contributed by atoms with van der Waals surface area (Å²) in [6.45, 7) is 3.80. The molecule has 1 fully saturated rings. The number of anilines is 1. The van der Waals surface area contributed by atoms with Crippen molar-refractivity contribution in [3.8, 4) is 0 Å². The van der Waals surface area contributed by atoms with Crippen LogP contribution in [0.4, 0.5) is 5.69 Å². The minimum atomic E-state index is -0.921. The Morgan fingerprint density at radius 2 is 1.74 bits per heavy atom. The fourth-order valence-electron chi connectivity index (χ4n) is 3.66. The van der Waals surface area contributed by atoms with Gasteiger partial charge in [0.1, 0.15) is 23.3 Å². The molecule has 0 spiro atoms. The zero-order chi connectivity index (χ0) is 22.3. The summed E-state index contributed by atoms with van der Waals surface area (Å²) in [5.74, 6) is -0.898. The summed E-state index contributed by atoms with van der Waals surface area (Å²) in [6, 6.07) is 14.4. The van der Waals surface area contributed by atoms with E-state index >= 15 is 0 Å². The van der Waals surface area contributed by atoms with E-state index in [0.29, 0.717) is 22.2 Å². The monoisotopic (exact) mass is 455 g/mol. The highest BCUT2D eigenvalue weighted by Crippen LogP contribution is 2.43. The zero-order valence-corrected chi connectivity index (χ0v) is 18.4. The Kier molecular flexibility index (Phi) is 5.65. The Labute approximate surface area is 189 Å². The lowest BCUT2D eigenvalue weighted by atomic mass is 9.99. The van der Waals surface area contributed by atoms with Crippen LogP contribution in [0, 0.1) is 6.92 Å². The molecular weight excluding hydrogens is 437 g/mol. The molecule has 158 valence electrons. The molecule has 5 nitrogen and oxygen atoms in total. The van der Waals surface area contributed by atoms with Gasteiger partial charge in [-0.15, -0.1) is 0 Å². The first kappa shape index (κ1) is 21.2. The molecule has 4 rings (SSSR count). The van der Waals surface area contributed by atoms with Crippen LogP contribution >= 0.6 is 23.2 Å². The maximum atomic E-state index is 13.1. The molecular formula is C24H19Cl2NO4. The number of benzene rings is 2. The molecule has 2 aromatic carbocycles. The van der Waals surface area contributed by atoms with E-state index in [2.05, 4.69) is 0 Å². The van der Waals surface area contributed by atoms with Crippen LogP contribution in [0.2, 0.25) is 10.0 Å². The van der Waals surface area contributed by atoms with Gasteiger partial charge in [0.15, 0.2) is 0 Å². The number of hydrogen-bond donors (Lipinski definition) is 1. The number of carbonyl (C=O) groups is 2. The molecule has 1 aromatic heterocycles. The molecule has 1 aliphatic heterocycles. The lowest BCUT2D eigenvalue weighted by Gasteiger charge is -2.23. The quantitative estimate of drug-likeness (QED) is 0.293. The molecule has 1 aliphatic rings. The maximum absolute atomic E-state index is 13.1. The molecule has 1 N–H and O–H groups in total. The van der Waals surface area contributed by atoms with E-state index in [1.165, 1.54) is 23.1 Å². The van der Waals surface area contributed by atoms with Gasteiger partial charge in [-0.05, 0) is 61.4 Å². The molecule has 1 atom stereocenters. The highest BCUT2D eigenvalue weighted by atomic mass is 35.5. The Balaban J connectivity index is 1.91. The van der Waals surface area contributed by atoms with Gasteiger partial charge in [-0.1, -0.05) is 42.3 Å². The first-order chi connectivity index (χ1) is 14.8. The third kappa shape index (κ3) is 3.75. The third-order valence-electron chi connectivity index (χ3n) is 5.29. The molecule has 0 radical (unpaired) electrons. The number of hydrogen-bond acceptors (Lipinski definition) is 4. The summed E-state index contributed by atoms with van der Waals surface area (Å²) in [7, 11) is 0. The van der Waals surface area contributed by atoms with Crippen molar-refractivity contribution in [3.05, 3.63) is 92.9 Å². The van der Waals surface area contributed by atoms with Crippen LogP contribution in [-0.4, -0.2) is 16.8 Å².